The minimum atomic E-state index is -0.0444. The van der Waals surface area contributed by atoms with E-state index >= 15 is 0 Å². The third-order valence-electron chi connectivity index (χ3n) is 2.86. The van der Waals surface area contributed by atoms with E-state index < -0.39 is 0 Å². The fraction of sp³-hybridized carbons (Fsp3) is 0.235. The van der Waals surface area contributed by atoms with Crippen LogP contribution in [-0.4, -0.2) is 19.0 Å². The zero-order valence-corrected chi connectivity index (χ0v) is 11.8. The largest absolute Gasteiger partial charge is 0.494 e. The first-order chi connectivity index (χ1) is 9.76. The SMILES string of the molecule is CCOc1ccc(C(=O)c2ccccc2OCC)cc1. The maximum atomic E-state index is 12.5. The second-order valence-electron chi connectivity index (χ2n) is 4.22. The van der Waals surface area contributed by atoms with Gasteiger partial charge in [0, 0.05) is 5.56 Å². The molecule has 0 atom stereocenters. The molecule has 0 aliphatic carbocycles. The molecule has 0 aliphatic heterocycles. The Morgan fingerprint density at radius 1 is 0.900 bits per heavy atom. The van der Waals surface area contributed by atoms with Crippen LogP contribution in [0.4, 0.5) is 0 Å². The van der Waals surface area contributed by atoms with Crippen molar-refractivity contribution < 1.29 is 14.3 Å². The van der Waals surface area contributed by atoms with Crippen LogP contribution in [0.1, 0.15) is 29.8 Å². The molecular formula is C17H18O3. The number of benzene rings is 2. The zero-order chi connectivity index (χ0) is 14.4. The summed E-state index contributed by atoms with van der Waals surface area (Å²) in [5.41, 5.74) is 1.21. The molecule has 3 heteroatoms. The number of carbonyl (C=O) groups is 1. The highest BCUT2D eigenvalue weighted by molar-refractivity contribution is 6.10. The van der Waals surface area contributed by atoms with Gasteiger partial charge in [0.2, 0.25) is 0 Å². The Hall–Kier alpha value is -2.29. The van der Waals surface area contributed by atoms with Gasteiger partial charge in [-0.1, -0.05) is 12.1 Å². The number of ketones is 1. The molecule has 0 amide bonds. The maximum absolute atomic E-state index is 12.5. The summed E-state index contributed by atoms with van der Waals surface area (Å²) in [6.45, 7) is 4.98. The average molecular weight is 270 g/mol. The van der Waals surface area contributed by atoms with E-state index in [0.29, 0.717) is 30.1 Å². The number of carbonyl (C=O) groups excluding carboxylic acids is 1. The number of hydrogen-bond donors (Lipinski definition) is 0. The number of para-hydroxylation sites is 1. The Balaban J connectivity index is 2.26. The number of ether oxygens (including phenoxy) is 2. The van der Waals surface area contributed by atoms with Gasteiger partial charge in [0.25, 0.3) is 0 Å². The lowest BCUT2D eigenvalue weighted by Gasteiger charge is -2.09. The van der Waals surface area contributed by atoms with Crippen LogP contribution in [0, 0.1) is 0 Å². The Morgan fingerprint density at radius 2 is 1.55 bits per heavy atom. The molecule has 3 nitrogen and oxygen atoms in total. The van der Waals surface area contributed by atoms with Gasteiger partial charge in [0.15, 0.2) is 5.78 Å². The van der Waals surface area contributed by atoms with Crippen LogP contribution < -0.4 is 9.47 Å². The van der Waals surface area contributed by atoms with E-state index in [4.69, 9.17) is 9.47 Å². The quantitative estimate of drug-likeness (QED) is 0.750. The summed E-state index contributed by atoms with van der Waals surface area (Å²) in [5.74, 6) is 1.34. The van der Waals surface area contributed by atoms with Gasteiger partial charge in [-0.25, -0.2) is 0 Å². The van der Waals surface area contributed by atoms with Crippen LogP contribution in [0.15, 0.2) is 48.5 Å². The first-order valence-corrected chi connectivity index (χ1v) is 6.75. The third-order valence-corrected chi connectivity index (χ3v) is 2.86. The van der Waals surface area contributed by atoms with Crippen LogP contribution in [-0.2, 0) is 0 Å². The fourth-order valence-corrected chi connectivity index (χ4v) is 1.96. The first-order valence-electron chi connectivity index (χ1n) is 6.75. The van der Waals surface area contributed by atoms with Gasteiger partial charge in [-0.3, -0.25) is 4.79 Å². The van der Waals surface area contributed by atoms with E-state index in [2.05, 4.69) is 0 Å². The smallest absolute Gasteiger partial charge is 0.196 e. The molecule has 2 aromatic carbocycles. The van der Waals surface area contributed by atoms with Gasteiger partial charge in [-0.15, -0.1) is 0 Å². The maximum Gasteiger partial charge on any atom is 0.196 e. The van der Waals surface area contributed by atoms with Gasteiger partial charge in [-0.05, 0) is 50.2 Å². The van der Waals surface area contributed by atoms with Crippen molar-refractivity contribution in [2.24, 2.45) is 0 Å². The molecule has 0 bridgehead atoms. The van der Waals surface area contributed by atoms with Crippen LogP contribution in [0.25, 0.3) is 0 Å². The van der Waals surface area contributed by atoms with E-state index in [9.17, 15) is 4.79 Å². The predicted octanol–water partition coefficient (Wildman–Crippen LogP) is 3.72. The van der Waals surface area contributed by atoms with Crippen molar-refractivity contribution in [3.63, 3.8) is 0 Å². The molecule has 2 rings (SSSR count). The highest BCUT2D eigenvalue weighted by Crippen LogP contribution is 2.22. The molecule has 0 radical (unpaired) electrons. The molecule has 0 unspecified atom stereocenters. The number of hydrogen-bond acceptors (Lipinski definition) is 3. The lowest BCUT2D eigenvalue weighted by atomic mass is 10.0. The Morgan fingerprint density at radius 3 is 2.20 bits per heavy atom. The van der Waals surface area contributed by atoms with Crippen LogP contribution >= 0.6 is 0 Å². The summed E-state index contributed by atoms with van der Waals surface area (Å²) >= 11 is 0. The summed E-state index contributed by atoms with van der Waals surface area (Å²) in [4.78, 5) is 12.5. The summed E-state index contributed by atoms with van der Waals surface area (Å²) in [5, 5.41) is 0. The highest BCUT2D eigenvalue weighted by atomic mass is 16.5. The Bertz CT molecular complexity index is 573. The third kappa shape index (κ3) is 3.18. The topological polar surface area (TPSA) is 35.5 Å². The lowest BCUT2D eigenvalue weighted by Crippen LogP contribution is -2.05. The van der Waals surface area contributed by atoms with Gasteiger partial charge >= 0.3 is 0 Å². The summed E-state index contributed by atoms with van der Waals surface area (Å²) in [7, 11) is 0. The van der Waals surface area contributed by atoms with E-state index in [1.807, 2.05) is 32.0 Å². The van der Waals surface area contributed by atoms with Gasteiger partial charge in [-0.2, -0.15) is 0 Å². The van der Waals surface area contributed by atoms with Gasteiger partial charge in [0.05, 0.1) is 18.8 Å². The van der Waals surface area contributed by atoms with Crippen molar-refractivity contribution in [1.29, 1.82) is 0 Å². The Labute approximate surface area is 119 Å². The second-order valence-corrected chi connectivity index (χ2v) is 4.22. The highest BCUT2D eigenvalue weighted by Gasteiger charge is 2.14. The van der Waals surface area contributed by atoms with Crippen molar-refractivity contribution in [2.75, 3.05) is 13.2 Å². The predicted molar refractivity (Wildman–Crippen MR) is 78.7 cm³/mol. The van der Waals surface area contributed by atoms with Crippen LogP contribution in [0.5, 0.6) is 11.5 Å². The van der Waals surface area contributed by atoms with Crippen molar-refractivity contribution in [3.8, 4) is 11.5 Å². The number of rotatable bonds is 6. The van der Waals surface area contributed by atoms with Crippen molar-refractivity contribution in [2.45, 2.75) is 13.8 Å². The molecule has 0 fully saturated rings. The minimum absolute atomic E-state index is 0.0444. The molecule has 0 N–H and O–H groups in total. The van der Waals surface area contributed by atoms with Gasteiger partial charge in [0.1, 0.15) is 11.5 Å². The molecule has 0 saturated heterocycles. The molecule has 104 valence electrons. The normalized spacial score (nSPS) is 10.1. The van der Waals surface area contributed by atoms with Crippen molar-refractivity contribution >= 4 is 5.78 Å². The summed E-state index contributed by atoms with van der Waals surface area (Å²) in [6, 6.07) is 14.4. The fourth-order valence-electron chi connectivity index (χ4n) is 1.96. The monoisotopic (exact) mass is 270 g/mol. The molecule has 0 spiro atoms. The van der Waals surface area contributed by atoms with Crippen LogP contribution in [0.2, 0.25) is 0 Å². The average Bonchev–Trinajstić information content (AvgIpc) is 2.49. The zero-order valence-electron chi connectivity index (χ0n) is 11.8. The molecule has 0 aliphatic rings. The molecule has 0 heterocycles. The molecule has 0 aromatic heterocycles. The molecule has 0 saturated carbocycles. The molecule has 20 heavy (non-hydrogen) atoms. The molecule has 2 aromatic rings. The van der Waals surface area contributed by atoms with Crippen molar-refractivity contribution in [1.82, 2.24) is 0 Å². The second kappa shape index (κ2) is 6.75. The lowest BCUT2D eigenvalue weighted by molar-refractivity contribution is 0.103. The van der Waals surface area contributed by atoms with E-state index in [1.165, 1.54) is 0 Å². The van der Waals surface area contributed by atoms with E-state index in [0.717, 1.165) is 5.75 Å². The summed E-state index contributed by atoms with van der Waals surface area (Å²) < 4.78 is 10.9. The molecular weight excluding hydrogens is 252 g/mol. The summed E-state index contributed by atoms with van der Waals surface area (Å²) in [6.07, 6.45) is 0. The van der Waals surface area contributed by atoms with E-state index in [-0.39, 0.29) is 5.78 Å². The van der Waals surface area contributed by atoms with E-state index in [1.54, 1.807) is 30.3 Å². The standard InChI is InChI=1S/C17H18O3/c1-3-19-14-11-9-13(10-12-14)17(18)15-7-5-6-8-16(15)20-4-2/h5-12H,3-4H2,1-2H3. The Kier molecular flexibility index (Phi) is 4.77. The van der Waals surface area contributed by atoms with Crippen LogP contribution in [0.3, 0.4) is 0 Å². The minimum Gasteiger partial charge on any atom is -0.494 e. The van der Waals surface area contributed by atoms with Crippen molar-refractivity contribution in [3.05, 3.63) is 59.7 Å². The van der Waals surface area contributed by atoms with Gasteiger partial charge < -0.3 is 9.47 Å². The first kappa shape index (κ1) is 14.1.